The molecule has 1 N–H and O–H groups in total. The minimum atomic E-state index is -0.738. The molecule has 2 aromatic carbocycles. The second kappa shape index (κ2) is 8.22. The maximum Gasteiger partial charge on any atom is 0.226 e. The number of carbonyl (C=O) groups is 1. The predicted octanol–water partition coefficient (Wildman–Crippen LogP) is 5.67. The lowest BCUT2D eigenvalue weighted by molar-refractivity contribution is -0.116. The zero-order valence-corrected chi connectivity index (χ0v) is 16.8. The Balaban J connectivity index is 1.46. The number of hydrogen-bond donors (Lipinski definition) is 1. The van der Waals surface area contributed by atoms with Crippen molar-refractivity contribution < 1.29 is 18.3 Å². The van der Waals surface area contributed by atoms with Crippen LogP contribution in [0.1, 0.15) is 39.2 Å². The minimum Gasteiger partial charge on any atom is -0.494 e. The zero-order valence-electron chi connectivity index (χ0n) is 16.0. The van der Waals surface area contributed by atoms with Gasteiger partial charge in [-0.15, -0.1) is 0 Å². The van der Waals surface area contributed by atoms with E-state index < -0.39 is 11.6 Å². The molecule has 1 heterocycles. The van der Waals surface area contributed by atoms with Crippen molar-refractivity contribution in [2.75, 3.05) is 11.9 Å². The summed E-state index contributed by atoms with van der Waals surface area (Å²) >= 11 is 1.04. The van der Waals surface area contributed by atoms with Crippen LogP contribution in [0.4, 0.5) is 13.9 Å². The van der Waals surface area contributed by atoms with Gasteiger partial charge in [0.15, 0.2) is 10.9 Å². The van der Waals surface area contributed by atoms with E-state index in [-0.39, 0.29) is 28.4 Å². The smallest absolute Gasteiger partial charge is 0.226 e. The summed E-state index contributed by atoms with van der Waals surface area (Å²) in [5.41, 5.74) is 1.38. The van der Waals surface area contributed by atoms with E-state index in [1.54, 1.807) is 0 Å². The molecule has 1 aromatic heterocycles. The molecule has 1 amide bonds. The van der Waals surface area contributed by atoms with Gasteiger partial charge in [-0.2, -0.15) is 0 Å². The Hall–Kier alpha value is -2.54. The predicted molar refractivity (Wildman–Crippen MR) is 108 cm³/mol. The molecule has 0 fully saturated rings. The number of fused-ring (bicyclic) bond motifs is 1. The summed E-state index contributed by atoms with van der Waals surface area (Å²) < 4.78 is 32.9. The zero-order chi connectivity index (χ0) is 20.3. The topological polar surface area (TPSA) is 51.2 Å². The average Bonchev–Trinajstić information content (AvgIpc) is 3.01. The van der Waals surface area contributed by atoms with Crippen molar-refractivity contribution in [2.24, 2.45) is 0 Å². The molecule has 0 aliphatic rings. The second-order valence-corrected chi connectivity index (χ2v) is 8.56. The lowest BCUT2D eigenvalue weighted by Gasteiger charge is -2.19. The molecule has 3 aromatic rings. The van der Waals surface area contributed by atoms with E-state index in [4.69, 9.17) is 4.74 Å². The molecule has 28 heavy (non-hydrogen) atoms. The summed E-state index contributed by atoms with van der Waals surface area (Å²) in [7, 11) is 0. The number of ether oxygens (including phenoxy) is 1. The molecule has 4 nitrogen and oxygen atoms in total. The average molecular weight is 404 g/mol. The lowest BCUT2D eigenvalue weighted by atomic mass is 9.87. The van der Waals surface area contributed by atoms with Crippen LogP contribution in [0.5, 0.6) is 5.75 Å². The molecular formula is C21H22F2N2O2S. The highest BCUT2D eigenvalue weighted by Crippen LogP contribution is 2.29. The molecule has 7 heteroatoms. The Morgan fingerprint density at radius 2 is 1.89 bits per heavy atom. The standard InChI is InChI=1S/C21H22F2N2O2S/c1-21(2,3)13-6-8-15(9-7-13)27-10-4-5-18(26)24-20-25-19-16(23)11-14(22)12-17(19)28-20/h6-9,11-12H,4-5,10H2,1-3H3,(H,24,25,26). The van der Waals surface area contributed by atoms with E-state index in [2.05, 4.69) is 31.1 Å². The number of anilines is 1. The number of amides is 1. The first kappa shape index (κ1) is 20.2. The highest BCUT2D eigenvalue weighted by Gasteiger charge is 2.14. The Morgan fingerprint density at radius 1 is 1.18 bits per heavy atom. The molecule has 0 atom stereocenters. The van der Waals surface area contributed by atoms with Crippen LogP contribution < -0.4 is 10.1 Å². The fourth-order valence-electron chi connectivity index (χ4n) is 2.67. The molecule has 0 bridgehead atoms. The van der Waals surface area contributed by atoms with E-state index >= 15 is 0 Å². The maximum atomic E-state index is 13.7. The number of rotatable bonds is 6. The largest absolute Gasteiger partial charge is 0.494 e. The van der Waals surface area contributed by atoms with Gasteiger partial charge in [0.25, 0.3) is 0 Å². The van der Waals surface area contributed by atoms with E-state index in [1.807, 2.05) is 24.3 Å². The van der Waals surface area contributed by atoms with Crippen LogP contribution in [0.25, 0.3) is 10.2 Å². The third kappa shape index (κ3) is 5.04. The third-order valence-electron chi connectivity index (χ3n) is 4.20. The van der Waals surface area contributed by atoms with Crippen molar-refractivity contribution in [3.05, 3.63) is 53.6 Å². The monoisotopic (exact) mass is 404 g/mol. The number of thiazole rings is 1. The number of halogens is 2. The van der Waals surface area contributed by atoms with E-state index in [0.717, 1.165) is 23.2 Å². The fourth-order valence-corrected chi connectivity index (χ4v) is 3.59. The SMILES string of the molecule is CC(C)(C)c1ccc(OCCCC(=O)Nc2nc3c(F)cc(F)cc3s2)cc1. The van der Waals surface area contributed by atoms with Crippen molar-refractivity contribution in [3.8, 4) is 5.75 Å². The molecule has 148 valence electrons. The third-order valence-corrected chi connectivity index (χ3v) is 5.11. The Kier molecular flexibility index (Phi) is 5.93. The summed E-state index contributed by atoms with van der Waals surface area (Å²) in [5.74, 6) is -0.888. The molecule has 0 aliphatic carbocycles. The minimum absolute atomic E-state index is 0.0590. The first-order chi connectivity index (χ1) is 13.2. The van der Waals surface area contributed by atoms with Crippen molar-refractivity contribution in [3.63, 3.8) is 0 Å². The number of carbonyl (C=O) groups excluding carboxylic acids is 1. The van der Waals surface area contributed by atoms with Gasteiger partial charge in [-0.25, -0.2) is 13.8 Å². The van der Waals surface area contributed by atoms with Gasteiger partial charge < -0.3 is 10.1 Å². The number of benzene rings is 2. The molecule has 0 saturated heterocycles. The Morgan fingerprint density at radius 3 is 2.57 bits per heavy atom. The molecule has 0 saturated carbocycles. The highest BCUT2D eigenvalue weighted by molar-refractivity contribution is 7.22. The Bertz CT molecular complexity index is 978. The first-order valence-corrected chi connectivity index (χ1v) is 9.83. The van der Waals surface area contributed by atoms with Gasteiger partial charge in [0.1, 0.15) is 17.1 Å². The Labute approximate surface area is 166 Å². The number of nitrogens with zero attached hydrogens (tertiary/aromatic N) is 1. The molecular weight excluding hydrogens is 382 g/mol. The van der Waals surface area contributed by atoms with Crippen LogP contribution in [-0.4, -0.2) is 17.5 Å². The van der Waals surface area contributed by atoms with Crippen molar-refractivity contribution in [1.29, 1.82) is 0 Å². The first-order valence-electron chi connectivity index (χ1n) is 9.01. The molecule has 0 radical (unpaired) electrons. The second-order valence-electron chi connectivity index (χ2n) is 7.53. The van der Waals surface area contributed by atoms with Crippen LogP contribution in [0.15, 0.2) is 36.4 Å². The van der Waals surface area contributed by atoms with E-state index in [9.17, 15) is 13.6 Å². The van der Waals surface area contributed by atoms with Gasteiger partial charge in [0, 0.05) is 12.5 Å². The normalized spacial score (nSPS) is 11.6. The van der Waals surface area contributed by atoms with Gasteiger partial charge in [0.2, 0.25) is 5.91 Å². The van der Waals surface area contributed by atoms with Crippen molar-refractivity contribution >= 4 is 32.6 Å². The summed E-state index contributed by atoms with van der Waals surface area (Å²) in [5, 5.41) is 2.88. The van der Waals surface area contributed by atoms with Gasteiger partial charge in [0.05, 0.1) is 11.3 Å². The number of nitrogens with one attached hydrogen (secondary N) is 1. The molecule has 0 aliphatic heterocycles. The number of aromatic nitrogens is 1. The van der Waals surface area contributed by atoms with E-state index in [0.29, 0.717) is 17.7 Å². The van der Waals surface area contributed by atoms with Crippen LogP contribution >= 0.6 is 11.3 Å². The van der Waals surface area contributed by atoms with Gasteiger partial charge in [-0.3, -0.25) is 4.79 Å². The fraction of sp³-hybridized carbons (Fsp3) is 0.333. The molecule has 0 spiro atoms. The van der Waals surface area contributed by atoms with Crippen LogP contribution in [0.2, 0.25) is 0 Å². The molecule has 0 unspecified atom stereocenters. The van der Waals surface area contributed by atoms with Crippen LogP contribution in [0, 0.1) is 11.6 Å². The van der Waals surface area contributed by atoms with Crippen molar-refractivity contribution in [1.82, 2.24) is 4.98 Å². The summed E-state index contributed by atoms with van der Waals surface area (Å²) in [6, 6.07) is 9.91. The van der Waals surface area contributed by atoms with Crippen molar-refractivity contribution in [2.45, 2.75) is 39.0 Å². The van der Waals surface area contributed by atoms with Crippen LogP contribution in [0.3, 0.4) is 0 Å². The summed E-state index contributed by atoms with van der Waals surface area (Å²) in [6.07, 6.45) is 0.771. The van der Waals surface area contributed by atoms with Gasteiger partial charge in [-0.1, -0.05) is 44.2 Å². The quantitative estimate of drug-likeness (QED) is 0.539. The maximum absolute atomic E-state index is 13.7. The lowest BCUT2D eigenvalue weighted by Crippen LogP contribution is -2.13. The number of hydrogen-bond acceptors (Lipinski definition) is 4. The van der Waals surface area contributed by atoms with E-state index in [1.165, 1.54) is 11.6 Å². The summed E-state index contributed by atoms with van der Waals surface area (Å²) in [6.45, 7) is 6.86. The highest BCUT2D eigenvalue weighted by atomic mass is 32.1. The summed E-state index contributed by atoms with van der Waals surface area (Å²) in [4.78, 5) is 16.1. The van der Waals surface area contributed by atoms with Crippen LogP contribution in [-0.2, 0) is 10.2 Å². The van der Waals surface area contributed by atoms with Gasteiger partial charge >= 0.3 is 0 Å². The van der Waals surface area contributed by atoms with Gasteiger partial charge in [-0.05, 0) is 35.6 Å². The molecule has 3 rings (SSSR count).